The third kappa shape index (κ3) is 4.95. The third-order valence-electron chi connectivity index (χ3n) is 4.47. The lowest BCUT2D eigenvalue weighted by molar-refractivity contribution is -0.134. The number of carbonyl (C=O) groups excluding carboxylic acids is 2. The maximum atomic E-state index is 12.6. The van der Waals surface area contributed by atoms with Crippen molar-refractivity contribution in [2.45, 2.75) is 19.8 Å². The lowest BCUT2D eigenvalue weighted by Crippen LogP contribution is -2.08. The largest absolute Gasteiger partial charge is 0.494 e. The Balaban J connectivity index is 1.41. The van der Waals surface area contributed by atoms with Crippen LogP contribution in [-0.4, -0.2) is 23.5 Å². The third-order valence-corrected chi connectivity index (χ3v) is 4.65. The summed E-state index contributed by atoms with van der Waals surface area (Å²) in [7, 11) is 0. The molecule has 0 bridgehead atoms. The molecule has 0 saturated heterocycles. The van der Waals surface area contributed by atoms with Crippen molar-refractivity contribution in [3.63, 3.8) is 0 Å². The van der Waals surface area contributed by atoms with Crippen LogP contribution in [0.25, 0.3) is 6.08 Å². The van der Waals surface area contributed by atoms with Crippen LogP contribution in [0.3, 0.4) is 0 Å². The molecule has 158 valence electrons. The highest BCUT2D eigenvalue weighted by Gasteiger charge is 2.28. The van der Waals surface area contributed by atoms with Crippen molar-refractivity contribution in [3.8, 4) is 17.2 Å². The zero-order valence-electron chi connectivity index (χ0n) is 16.6. The number of ether oxygens (including phenoxy) is 3. The lowest BCUT2D eigenvalue weighted by atomic mass is 10.1. The molecule has 8 heteroatoms. The summed E-state index contributed by atoms with van der Waals surface area (Å²) < 4.78 is 21.4. The minimum atomic E-state index is -0.457. The van der Waals surface area contributed by atoms with Gasteiger partial charge in [0.2, 0.25) is 5.78 Å². The number of aromatic nitrogens is 1. The number of benzene rings is 2. The Bertz CT molecular complexity index is 1150. The number of Topliss-reactive ketones (excluding diaryl/α,β-unsaturated/α-hetero) is 1. The number of fused-ring (bicyclic) bond motifs is 1. The number of halogens is 1. The van der Waals surface area contributed by atoms with Crippen LogP contribution < -0.4 is 14.2 Å². The van der Waals surface area contributed by atoms with Crippen LogP contribution in [0.15, 0.2) is 58.8 Å². The predicted molar refractivity (Wildman–Crippen MR) is 112 cm³/mol. The highest BCUT2D eigenvalue weighted by Crippen LogP contribution is 2.35. The molecule has 31 heavy (non-hydrogen) atoms. The fourth-order valence-corrected chi connectivity index (χ4v) is 3.18. The normalized spacial score (nSPS) is 13.7. The van der Waals surface area contributed by atoms with Gasteiger partial charge in [0.25, 0.3) is 0 Å². The molecule has 3 aromatic rings. The Labute approximate surface area is 183 Å². The summed E-state index contributed by atoms with van der Waals surface area (Å²) in [6.45, 7) is 2.49. The number of aryl methyl sites for hydroxylation is 1. The minimum Gasteiger partial charge on any atom is -0.494 e. The van der Waals surface area contributed by atoms with Gasteiger partial charge in [0, 0.05) is 18.6 Å². The predicted octanol–water partition coefficient (Wildman–Crippen LogP) is 4.88. The van der Waals surface area contributed by atoms with Crippen LogP contribution in [0.1, 0.15) is 35.0 Å². The van der Waals surface area contributed by atoms with E-state index in [1.807, 2.05) is 31.2 Å². The zero-order chi connectivity index (χ0) is 21.8. The number of ketones is 1. The van der Waals surface area contributed by atoms with Crippen molar-refractivity contribution in [2.24, 2.45) is 0 Å². The number of nitrogens with zero attached hydrogens (tertiary/aromatic N) is 1. The fraction of sp³-hybridized carbons (Fsp3) is 0.174. The maximum Gasteiger partial charge on any atom is 0.311 e. The number of hydrogen-bond acceptors (Lipinski definition) is 7. The van der Waals surface area contributed by atoms with E-state index in [1.54, 1.807) is 24.3 Å². The Hall–Kier alpha value is -3.58. The van der Waals surface area contributed by atoms with Crippen molar-refractivity contribution in [3.05, 3.63) is 76.3 Å². The number of hydrogen-bond donors (Lipinski definition) is 0. The molecule has 1 aromatic heterocycles. The highest BCUT2D eigenvalue weighted by molar-refractivity contribution is 6.29. The van der Waals surface area contributed by atoms with E-state index in [9.17, 15) is 9.59 Å². The first kappa shape index (κ1) is 20.7. The minimum absolute atomic E-state index is 0.0886. The van der Waals surface area contributed by atoms with Gasteiger partial charge in [-0.3, -0.25) is 9.59 Å². The van der Waals surface area contributed by atoms with Gasteiger partial charge in [-0.1, -0.05) is 28.9 Å². The van der Waals surface area contributed by atoms with E-state index in [4.69, 9.17) is 30.3 Å². The summed E-state index contributed by atoms with van der Waals surface area (Å²) in [6.07, 6.45) is 2.06. The molecule has 0 atom stereocenters. The Morgan fingerprint density at radius 1 is 1.13 bits per heavy atom. The van der Waals surface area contributed by atoms with Crippen molar-refractivity contribution in [1.82, 2.24) is 5.16 Å². The van der Waals surface area contributed by atoms with E-state index in [2.05, 4.69) is 5.16 Å². The van der Waals surface area contributed by atoms with Gasteiger partial charge in [0.1, 0.15) is 23.0 Å². The van der Waals surface area contributed by atoms with Crippen molar-refractivity contribution in [2.75, 3.05) is 6.61 Å². The van der Waals surface area contributed by atoms with Gasteiger partial charge in [0.15, 0.2) is 10.9 Å². The molecule has 0 aliphatic carbocycles. The number of allylic oxidation sites excluding steroid dienone is 1. The molecule has 0 saturated carbocycles. The second-order valence-corrected chi connectivity index (χ2v) is 7.08. The summed E-state index contributed by atoms with van der Waals surface area (Å²) in [5.41, 5.74) is 1.21. The SMILES string of the molecule is CCOc1ccc(/C=C2\Oc3cc(OC(=O)CCc4cc(Cl)no4)ccc3C2=O)cc1. The van der Waals surface area contributed by atoms with E-state index in [0.717, 1.165) is 11.3 Å². The standard InChI is InChI=1S/C23H18ClNO6/c1-2-28-15-5-3-14(4-6-15)11-20-23(27)18-9-7-16(12-19(18)30-20)29-22(26)10-8-17-13-21(24)25-31-17/h3-7,9,11-13H,2,8,10H2,1H3/b20-11-. The molecular weight excluding hydrogens is 422 g/mol. The average molecular weight is 440 g/mol. The summed E-state index contributed by atoms with van der Waals surface area (Å²) in [6, 6.07) is 13.5. The molecule has 0 N–H and O–H groups in total. The van der Waals surface area contributed by atoms with E-state index < -0.39 is 5.97 Å². The monoisotopic (exact) mass is 439 g/mol. The lowest BCUT2D eigenvalue weighted by Gasteiger charge is -2.05. The van der Waals surface area contributed by atoms with Gasteiger partial charge in [-0.25, -0.2) is 0 Å². The molecule has 2 heterocycles. The molecule has 1 aliphatic rings. The fourth-order valence-electron chi connectivity index (χ4n) is 3.02. The second kappa shape index (κ2) is 9.06. The van der Waals surface area contributed by atoms with Crippen molar-refractivity contribution in [1.29, 1.82) is 0 Å². The van der Waals surface area contributed by atoms with Gasteiger partial charge in [0.05, 0.1) is 18.6 Å². The van der Waals surface area contributed by atoms with Crippen molar-refractivity contribution >= 4 is 29.4 Å². The molecule has 0 fully saturated rings. The molecule has 1 aliphatic heterocycles. The van der Waals surface area contributed by atoms with Gasteiger partial charge >= 0.3 is 5.97 Å². The quantitative estimate of drug-likeness (QED) is 0.294. The Kier molecular flexibility index (Phi) is 6.04. The van der Waals surface area contributed by atoms with Crippen LogP contribution in [0.2, 0.25) is 5.15 Å². The Morgan fingerprint density at radius 3 is 2.61 bits per heavy atom. The summed E-state index contributed by atoms with van der Waals surface area (Å²) in [4.78, 5) is 24.7. The summed E-state index contributed by atoms with van der Waals surface area (Å²) in [5.74, 6) is 1.39. The zero-order valence-corrected chi connectivity index (χ0v) is 17.3. The number of rotatable bonds is 7. The van der Waals surface area contributed by atoms with Crippen LogP contribution in [0.4, 0.5) is 0 Å². The second-order valence-electron chi connectivity index (χ2n) is 6.69. The van der Waals surface area contributed by atoms with Gasteiger partial charge < -0.3 is 18.7 Å². The van der Waals surface area contributed by atoms with Crippen molar-refractivity contribution < 1.29 is 28.3 Å². The van der Waals surface area contributed by atoms with Crippen LogP contribution in [-0.2, 0) is 11.2 Å². The molecule has 0 radical (unpaired) electrons. The molecule has 0 spiro atoms. The molecular formula is C23H18ClNO6. The van der Waals surface area contributed by atoms with Gasteiger partial charge in [-0.2, -0.15) is 0 Å². The summed E-state index contributed by atoms with van der Waals surface area (Å²) >= 11 is 5.68. The Morgan fingerprint density at radius 2 is 1.90 bits per heavy atom. The first-order chi connectivity index (χ1) is 15.0. The van der Waals surface area contributed by atoms with Crippen LogP contribution in [0, 0.1) is 0 Å². The molecule has 0 unspecified atom stereocenters. The number of esters is 1. The first-order valence-electron chi connectivity index (χ1n) is 9.65. The van der Waals surface area contributed by atoms with E-state index in [1.165, 1.54) is 6.07 Å². The van der Waals surface area contributed by atoms with Crippen LogP contribution >= 0.6 is 11.6 Å². The highest BCUT2D eigenvalue weighted by atomic mass is 35.5. The molecule has 2 aromatic carbocycles. The molecule has 0 amide bonds. The van der Waals surface area contributed by atoms with E-state index in [0.29, 0.717) is 30.1 Å². The summed E-state index contributed by atoms with van der Waals surface area (Å²) in [5, 5.41) is 3.79. The smallest absolute Gasteiger partial charge is 0.311 e. The number of carbonyl (C=O) groups is 2. The molecule has 7 nitrogen and oxygen atoms in total. The van der Waals surface area contributed by atoms with E-state index >= 15 is 0 Å². The van der Waals surface area contributed by atoms with Gasteiger partial charge in [-0.05, 0) is 42.8 Å². The molecule has 4 rings (SSSR count). The van der Waals surface area contributed by atoms with Gasteiger partial charge in [-0.15, -0.1) is 0 Å². The van der Waals surface area contributed by atoms with Crippen LogP contribution in [0.5, 0.6) is 17.2 Å². The van der Waals surface area contributed by atoms with E-state index in [-0.39, 0.29) is 28.9 Å². The first-order valence-corrected chi connectivity index (χ1v) is 10.0. The average Bonchev–Trinajstić information content (AvgIpc) is 3.31. The topological polar surface area (TPSA) is 87.9 Å². The maximum absolute atomic E-state index is 12.6.